The summed E-state index contributed by atoms with van der Waals surface area (Å²) in [5, 5.41) is 0. The van der Waals surface area contributed by atoms with Crippen LogP contribution in [0, 0.1) is 22.7 Å². The van der Waals surface area contributed by atoms with Crippen molar-refractivity contribution in [3.05, 3.63) is 24.2 Å². The molecule has 2 spiro atoms. The summed E-state index contributed by atoms with van der Waals surface area (Å²) in [6.45, 7) is 10.4. The van der Waals surface area contributed by atoms with Crippen LogP contribution in [0.4, 0.5) is 0 Å². The van der Waals surface area contributed by atoms with E-state index < -0.39 is 76.1 Å². The first-order valence-corrected chi connectivity index (χ1v) is 13.8. The smallest absolute Gasteiger partial charge is 0.338 e. The minimum atomic E-state index is -1.66. The van der Waals surface area contributed by atoms with E-state index in [1.165, 1.54) is 26.6 Å². The first-order chi connectivity index (χ1) is 18.7. The number of ketones is 1. The molecule has 4 aliphatic heterocycles. The second kappa shape index (κ2) is 8.39. The highest BCUT2D eigenvalue weighted by atomic mass is 16.8. The summed E-state index contributed by atoms with van der Waals surface area (Å²) in [6, 6.07) is 1.59. The van der Waals surface area contributed by atoms with Crippen LogP contribution in [-0.2, 0) is 42.8 Å². The topological polar surface area (TPSA) is 140 Å². The van der Waals surface area contributed by atoms with Crippen molar-refractivity contribution in [2.24, 2.45) is 22.7 Å². The molecule has 4 saturated heterocycles. The molecular formula is C29H36O11. The van der Waals surface area contributed by atoms with Crippen molar-refractivity contribution in [3.63, 3.8) is 0 Å². The Hall–Kier alpha value is -2.76. The first-order valence-electron chi connectivity index (χ1n) is 13.8. The Morgan fingerprint density at radius 2 is 1.80 bits per heavy atom. The predicted octanol–water partition coefficient (Wildman–Crippen LogP) is 2.98. The third-order valence-electron chi connectivity index (χ3n) is 10.5. The van der Waals surface area contributed by atoms with Gasteiger partial charge in [0, 0.05) is 6.92 Å². The fourth-order valence-corrected chi connectivity index (χ4v) is 8.94. The Balaban J connectivity index is 1.58. The number of furan rings is 1. The molecule has 0 radical (unpaired) electrons. The quantitative estimate of drug-likeness (QED) is 0.232. The predicted molar refractivity (Wildman–Crippen MR) is 134 cm³/mol. The third kappa shape index (κ3) is 3.11. The maximum atomic E-state index is 14.2. The van der Waals surface area contributed by atoms with Crippen LogP contribution in [0.1, 0.15) is 71.2 Å². The molecular weight excluding hydrogens is 524 g/mol. The van der Waals surface area contributed by atoms with E-state index in [2.05, 4.69) is 0 Å². The Bertz CT molecular complexity index is 1270. The van der Waals surface area contributed by atoms with E-state index >= 15 is 0 Å². The lowest BCUT2D eigenvalue weighted by atomic mass is 9.45. The zero-order valence-electron chi connectivity index (χ0n) is 23.8. The average Bonchev–Trinajstić information content (AvgIpc) is 3.13. The van der Waals surface area contributed by atoms with Crippen molar-refractivity contribution in [1.82, 2.24) is 0 Å². The van der Waals surface area contributed by atoms with Gasteiger partial charge >= 0.3 is 17.9 Å². The van der Waals surface area contributed by atoms with Gasteiger partial charge in [0.05, 0.1) is 54.3 Å². The van der Waals surface area contributed by atoms with Crippen LogP contribution in [0.25, 0.3) is 0 Å². The Kier molecular flexibility index (Phi) is 5.75. The number of carbonyl (C=O) groups excluding carboxylic acids is 4. The number of cyclic esters (lactones) is 1. The number of Topliss-reactive ketones (excluding diaryl/α,β-unsaturated/α-hetero) is 1. The summed E-state index contributed by atoms with van der Waals surface area (Å²) in [5.74, 6) is -4.38. The molecule has 6 rings (SSSR count). The highest BCUT2D eigenvalue weighted by Gasteiger charge is 2.92. The highest BCUT2D eigenvalue weighted by molar-refractivity contribution is 6.02. The van der Waals surface area contributed by atoms with Gasteiger partial charge in [0.25, 0.3) is 0 Å². The molecule has 1 aliphatic carbocycles. The second-order valence-corrected chi connectivity index (χ2v) is 12.8. The van der Waals surface area contributed by atoms with Crippen LogP contribution in [-0.4, -0.2) is 72.2 Å². The lowest BCUT2D eigenvalue weighted by Gasteiger charge is -2.56. The Morgan fingerprint density at radius 1 is 1.07 bits per heavy atom. The molecule has 0 bridgehead atoms. The molecule has 10 atom stereocenters. The Labute approximate surface area is 232 Å². The van der Waals surface area contributed by atoms with Gasteiger partial charge in [-0.1, -0.05) is 6.92 Å². The monoisotopic (exact) mass is 560 g/mol. The molecule has 218 valence electrons. The van der Waals surface area contributed by atoms with E-state index in [1.54, 1.807) is 26.8 Å². The van der Waals surface area contributed by atoms with Gasteiger partial charge in [0.15, 0.2) is 18.0 Å². The molecule has 1 saturated carbocycles. The van der Waals surface area contributed by atoms with Crippen molar-refractivity contribution in [2.75, 3.05) is 7.11 Å². The minimum absolute atomic E-state index is 0.0639. The minimum Gasteiger partial charge on any atom is -0.472 e. The fourth-order valence-electron chi connectivity index (χ4n) is 8.94. The number of ether oxygens (including phenoxy) is 6. The zero-order valence-corrected chi connectivity index (χ0v) is 23.8. The van der Waals surface area contributed by atoms with Crippen LogP contribution in [0.2, 0.25) is 0 Å². The van der Waals surface area contributed by atoms with E-state index in [0.29, 0.717) is 18.4 Å². The van der Waals surface area contributed by atoms with Gasteiger partial charge in [-0.2, -0.15) is 0 Å². The van der Waals surface area contributed by atoms with E-state index in [-0.39, 0.29) is 18.1 Å². The van der Waals surface area contributed by atoms with Crippen LogP contribution in [0.3, 0.4) is 0 Å². The maximum Gasteiger partial charge on any atom is 0.338 e. The lowest BCUT2D eigenvalue weighted by molar-refractivity contribution is -0.307. The molecule has 40 heavy (non-hydrogen) atoms. The van der Waals surface area contributed by atoms with Crippen molar-refractivity contribution < 1.29 is 52.0 Å². The van der Waals surface area contributed by atoms with Gasteiger partial charge in [0.2, 0.25) is 5.79 Å². The van der Waals surface area contributed by atoms with E-state index in [1.807, 2.05) is 13.8 Å². The van der Waals surface area contributed by atoms with Crippen molar-refractivity contribution in [3.8, 4) is 0 Å². The molecule has 10 unspecified atom stereocenters. The lowest BCUT2D eigenvalue weighted by Crippen LogP contribution is -2.70. The van der Waals surface area contributed by atoms with Crippen molar-refractivity contribution >= 4 is 23.7 Å². The van der Waals surface area contributed by atoms with Crippen LogP contribution in [0.5, 0.6) is 0 Å². The summed E-state index contributed by atoms with van der Waals surface area (Å²) in [5.41, 5.74) is -4.60. The highest BCUT2D eigenvalue weighted by Crippen LogP contribution is 2.77. The number of esters is 3. The average molecular weight is 561 g/mol. The molecule has 11 nitrogen and oxygen atoms in total. The molecule has 1 aromatic rings. The van der Waals surface area contributed by atoms with E-state index in [9.17, 15) is 19.2 Å². The van der Waals surface area contributed by atoms with E-state index in [0.717, 1.165) is 0 Å². The van der Waals surface area contributed by atoms with Gasteiger partial charge in [0.1, 0.15) is 17.5 Å². The van der Waals surface area contributed by atoms with Gasteiger partial charge in [-0.15, -0.1) is 0 Å². The number of carbonyl (C=O) groups is 4. The van der Waals surface area contributed by atoms with Crippen LogP contribution in [0.15, 0.2) is 23.0 Å². The SMILES string of the molecule is COC(=O)C1OC12C(C)(C(=O)c1ccoc1)CCC1C(C)OC3(OC4CC(=O)OC(C)(C)C4C3OC(C)=O)C12C. The number of methoxy groups -OCH3 is 1. The largest absolute Gasteiger partial charge is 0.472 e. The van der Waals surface area contributed by atoms with Crippen LogP contribution >= 0.6 is 0 Å². The summed E-state index contributed by atoms with van der Waals surface area (Å²) < 4.78 is 42.2. The molecule has 5 heterocycles. The third-order valence-corrected chi connectivity index (χ3v) is 10.5. The molecule has 0 aromatic carbocycles. The molecule has 5 fully saturated rings. The fraction of sp³-hybridized carbons (Fsp3) is 0.724. The number of hydrogen-bond donors (Lipinski definition) is 0. The molecule has 11 heteroatoms. The number of fused-ring (bicyclic) bond motifs is 4. The summed E-state index contributed by atoms with van der Waals surface area (Å²) in [7, 11) is 1.27. The first kappa shape index (κ1) is 27.4. The molecule has 0 N–H and O–H groups in total. The van der Waals surface area contributed by atoms with Gasteiger partial charge in [-0.05, 0) is 52.5 Å². The van der Waals surface area contributed by atoms with Gasteiger partial charge in [-0.3, -0.25) is 14.4 Å². The van der Waals surface area contributed by atoms with Crippen LogP contribution < -0.4 is 0 Å². The standard InChI is InChI=1S/C29H36O11/c1-14-17-8-10-26(5,21(32)16-9-11-35-13-16)28(23(40-28)24(33)34-7)27(17,6)29(37-14)22(36-15(2)30)20-18(38-29)12-19(31)39-25(20,3)4/h9,11,13-14,17-18,20,22-23H,8,10,12H2,1-7H3. The molecule has 1 aromatic heterocycles. The van der Waals surface area contributed by atoms with Gasteiger partial charge in [-0.25, -0.2) is 4.79 Å². The second-order valence-electron chi connectivity index (χ2n) is 12.8. The maximum absolute atomic E-state index is 14.2. The van der Waals surface area contributed by atoms with Crippen molar-refractivity contribution in [1.29, 1.82) is 0 Å². The summed E-state index contributed by atoms with van der Waals surface area (Å²) in [4.78, 5) is 52.7. The molecule has 5 aliphatic rings. The zero-order chi connectivity index (χ0) is 29.0. The number of rotatable bonds is 4. The van der Waals surface area contributed by atoms with Gasteiger partial charge < -0.3 is 32.8 Å². The number of hydrogen-bond acceptors (Lipinski definition) is 11. The normalized spacial score (nSPS) is 46.4. The van der Waals surface area contributed by atoms with E-state index in [4.69, 9.17) is 32.8 Å². The number of epoxide rings is 1. The summed E-state index contributed by atoms with van der Waals surface area (Å²) in [6.07, 6.45) is 0.423. The summed E-state index contributed by atoms with van der Waals surface area (Å²) >= 11 is 0. The Morgan fingerprint density at radius 3 is 2.42 bits per heavy atom. The molecule has 0 amide bonds. The van der Waals surface area contributed by atoms with Crippen molar-refractivity contribution in [2.45, 2.75) is 102 Å².